The van der Waals surface area contributed by atoms with Crippen LogP contribution in [0.25, 0.3) is 0 Å². The van der Waals surface area contributed by atoms with Gasteiger partial charge < -0.3 is 15.0 Å². The maximum atomic E-state index is 12.7. The monoisotopic (exact) mass is 282 g/mol. The van der Waals surface area contributed by atoms with E-state index in [1.807, 2.05) is 13.8 Å². The van der Waals surface area contributed by atoms with Crippen LogP contribution in [-0.2, 0) is 0 Å². The Bertz CT molecular complexity index is 405. The number of ether oxygens (including phenoxy) is 1. The van der Waals surface area contributed by atoms with Crippen molar-refractivity contribution in [2.45, 2.75) is 32.7 Å². The van der Waals surface area contributed by atoms with Gasteiger partial charge in [-0.15, -0.1) is 0 Å². The fraction of sp³-hybridized carbons (Fsp3) is 0.533. The van der Waals surface area contributed by atoms with E-state index in [9.17, 15) is 9.18 Å². The molecule has 1 aromatic rings. The van der Waals surface area contributed by atoms with Crippen molar-refractivity contribution in [3.05, 3.63) is 30.1 Å². The third-order valence-electron chi connectivity index (χ3n) is 3.17. The summed E-state index contributed by atoms with van der Waals surface area (Å²) in [6.45, 7) is 4.94. The minimum Gasteiger partial charge on any atom is -0.492 e. The van der Waals surface area contributed by atoms with Crippen molar-refractivity contribution in [1.82, 2.24) is 10.2 Å². The second-order valence-corrected chi connectivity index (χ2v) is 4.69. The lowest BCUT2D eigenvalue weighted by Gasteiger charge is -2.22. The van der Waals surface area contributed by atoms with Crippen LogP contribution in [0.1, 0.15) is 26.7 Å². The lowest BCUT2D eigenvalue weighted by molar-refractivity contribution is 0.191. The first-order valence-electron chi connectivity index (χ1n) is 6.96. The highest BCUT2D eigenvalue weighted by Gasteiger charge is 2.12. The van der Waals surface area contributed by atoms with E-state index < -0.39 is 0 Å². The van der Waals surface area contributed by atoms with Crippen LogP contribution in [0.2, 0.25) is 0 Å². The second kappa shape index (κ2) is 8.40. The van der Waals surface area contributed by atoms with Crippen molar-refractivity contribution in [1.29, 1.82) is 0 Å². The molecule has 0 aliphatic rings. The fourth-order valence-electron chi connectivity index (χ4n) is 1.71. The Morgan fingerprint density at radius 2 is 1.90 bits per heavy atom. The van der Waals surface area contributed by atoms with E-state index in [2.05, 4.69) is 5.32 Å². The first kappa shape index (κ1) is 16.3. The summed E-state index contributed by atoms with van der Waals surface area (Å²) in [6, 6.07) is 5.95. The van der Waals surface area contributed by atoms with Gasteiger partial charge in [-0.25, -0.2) is 9.18 Å². The standard InChI is InChI=1S/C15H23FN2O2/c1-4-13(5-2)17-15(19)18(3)10-11-20-14-8-6-12(16)7-9-14/h6-9,13H,4-5,10-11H2,1-3H3,(H,17,19). The van der Waals surface area contributed by atoms with Crippen molar-refractivity contribution in [2.75, 3.05) is 20.2 Å². The van der Waals surface area contributed by atoms with Gasteiger partial charge in [-0.05, 0) is 37.1 Å². The van der Waals surface area contributed by atoms with E-state index in [1.54, 1.807) is 24.1 Å². The zero-order chi connectivity index (χ0) is 15.0. The van der Waals surface area contributed by atoms with Crippen LogP contribution >= 0.6 is 0 Å². The van der Waals surface area contributed by atoms with Gasteiger partial charge in [0.15, 0.2) is 0 Å². The van der Waals surface area contributed by atoms with Crippen molar-refractivity contribution < 1.29 is 13.9 Å². The van der Waals surface area contributed by atoms with Crippen molar-refractivity contribution in [3.8, 4) is 5.75 Å². The molecule has 1 aromatic carbocycles. The number of benzene rings is 1. The number of likely N-dealkylation sites (N-methyl/N-ethyl adjacent to an activating group) is 1. The number of carbonyl (C=O) groups excluding carboxylic acids is 1. The number of hydrogen-bond donors (Lipinski definition) is 1. The summed E-state index contributed by atoms with van der Waals surface area (Å²) in [5.74, 6) is 0.305. The molecule has 0 atom stereocenters. The maximum absolute atomic E-state index is 12.7. The number of urea groups is 1. The van der Waals surface area contributed by atoms with E-state index in [0.717, 1.165) is 12.8 Å². The highest BCUT2D eigenvalue weighted by Crippen LogP contribution is 2.10. The highest BCUT2D eigenvalue weighted by atomic mass is 19.1. The SMILES string of the molecule is CCC(CC)NC(=O)N(C)CCOc1ccc(F)cc1. The smallest absolute Gasteiger partial charge is 0.317 e. The second-order valence-electron chi connectivity index (χ2n) is 4.69. The molecule has 4 nitrogen and oxygen atoms in total. The maximum Gasteiger partial charge on any atom is 0.317 e. The quantitative estimate of drug-likeness (QED) is 0.835. The molecule has 1 N–H and O–H groups in total. The summed E-state index contributed by atoms with van der Waals surface area (Å²) in [4.78, 5) is 13.5. The predicted octanol–water partition coefficient (Wildman–Crippen LogP) is 3.03. The lowest BCUT2D eigenvalue weighted by atomic mass is 10.2. The molecule has 0 saturated carbocycles. The summed E-state index contributed by atoms with van der Waals surface area (Å²) in [7, 11) is 1.73. The Morgan fingerprint density at radius 3 is 2.45 bits per heavy atom. The van der Waals surface area contributed by atoms with Crippen LogP contribution in [0.5, 0.6) is 5.75 Å². The van der Waals surface area contributed by atoms with Gasteiger partial charge in [-0.2, -0.15) is 0 Å². The molecular formula is C15H23FN2O2. The number of rotatable bonds is 7. The Labute approximate surface area is 119 Å². The Balaban J connectivity index is 2.30. The molecule has 112 valence electrons. The van der Waals surface area contributed by atoms with Gasteiger partial charge in [0.1, 0.15) is 18.2 Å². The molecule has 5 heteroatoms. The molecule has 2 amide bonds. The molecule has 0 aliphatic heterocycles. The van der Waals surface area contributed by atoms with Gasteiger partial charge in [0.25, 0.3) is 0 Å². The minimum absolute atomic E-state index is 0.0959. The number of halogens is 1. The third kappa shape index (κ3) is 5.47. The zero-order valence-corrected chi connectivity index (χ0v) is 12.4. The zero-order valence-electron chi connectivity index (χ0n) is 12.4. The minimum atomic E-state index is -0.293. The topological polar surface area (TPSA) is 41.6 Å². The van der Waals surface area contributed by atoms with Gasteiger partial charge in [-0.1, -0.05) is 13.8 Å². The Hall–Kier alpha value is -1.78. The third-order valence-corrected chi connectivity index (χ3v) is 3.17. The molecule has 0 aliphatic carbocycles. The molecule has 0 bridgehead atoms. The Morgan fingerprint density at radius 1 is 1.30 bits per heavy atom. The lowest BCUT2D eigenvalue weighted by Crippen LogP contribution is -2.43. The number of nitrogens with zero attached hydrogens (tertiary/aromatic N) is 1. The molecule has 0 saturated heterocycles. The summed E-state index contributed by atoms with van der Waals surface area (Å²) < 4.78 is 18.2. The molecule has 0 fully saturated rings. The molecule has 0 aromatic heterocycles. The van der Waals surface area contributed by atoms with Crippen LogP contribution in [0.4, 0.5) is 9.18 Å². The number of hydrogen-bond acceptors (Lipinski definition) is 2. The Kier molecular flexibility index (Phi) is 6.84. The first-order valence-corrected chi connectivity index (χ1v) is 6.96. The molecule has 0 heterocycles. The van der Waals surface area contributed by atoms with E-state index >= 15 is 0 Å². The number of carbonyl (C=O) groups is 1. The fourth-order valence-corrected chi connectivity index (χ4v) is 1.71. The van der Waals surface area contributed by atoms with Crippen molar-refractivity contribution >= 4 is 6.03 Å². The van der Waals surface area contributed by atoms with Crippen LogP contribution in [-0.4, -0.2) is 37.2 Å². The van der Waals surface area contributed by atoms with E-state index in [-0.39, 0.29) is 17.9 Å². The largest absolute Gasteiger partial charge is 0.492 e. The van der Waals surface area contributed by atoms with Gasteiger partial charge in [0.05, 0.1) is 6.54 Å². The van der Waals surface area contributed by atoms with Crippen LogP contribution in [0.15, 0.2) is 24.3 Å². The molecule has 1 rings (SSSR count). The summed E-state index contributed by atoms with van der Waals surface area (Å²) in [6.07, 6.45) is 1.84. The van der Waals surface area contributed by atoms with E-state index in [1.165, 1.54) is 12.1 Å². The average Bonchev–Trinajstić information content (AvgIpc) is 2.46. The molecule has 0 spiro atoms. The number of amides is 2. The van der Waals surface area contributed by atoms with Gasteiger partial charge >= 0.3 is 6.03 Å². The molecule has 0 unspecified atom stereocenters. The van der Waals surface area contributed by atoms with Crippen LogP contribution < -0.4 is 10.1 Å². The predicted molar refractivity (Wildman–Crippen MR) is 77.4 cm³/mol. The van der Waals surface area contributed by atoms with Gasteiger partial charge in [0, 0.05) is 13.1 Å². The average molecular weight is 282 g/mol. The molecule has 0 radical (unpaired) electrons. The summed E-state index contributed by atoms with van der Waals surface area (Å²) in [5.41, 5.74) is 0. The van der Waals surface area contributed by atoms with Crippen molar-refractivity contribution in [2.24, 2.45) is 0 Å². The van der Waals surface area contributed by atoms with Gasteiger partial charge in [0.2, 0.25) is 0 Å². The molecule has 20 heavy (non-hydrogen) atoms. The summed E-state index contributed by atoms with van der Waals surface area (Å²) in [5, 5.41) is 2.95. The van der Waals surface area contributed by atoms with E-state index in [0.29, 0.717) is 18.9 Å². The number of nitrogens with one attached hydrogen (secondary N) is 1. The summed E-state index contributed by atoms with van der Waals surface area (Å²) >= 11 is 0. The van der Waals surface area contributed by atoms with Gasteiger partial charge in [-0.3, -0.25) is 0 Å². The van der Waals surface area contributed by atoms with Crippen LogP contribution in [0, 0.1) is 5.82 Å². The van der Waals surface area contributed by atoms with Crippen LogP contribution in [0.3, 0.4) is 0 Å². The molecular weight excluding hydrogens is 259 g/mol. The first-order chi connectivity index (χ1) is 9.56. The van der Waals surface area contributed by atoms with E-state index in [4.69, 9.17) is 4.74 Å². The highest BCUT2D eigenvalue weighted by molar-refractivity contribution is 5.74. The normalized spacial score (nSPS) is 10.4. The van der Waals surface area contributed by atoms with Crippen molar-refractivity contribution in [3.63, 3.8) is 0 Å².